The van der Waals surface area contributed by atoms with E-state index in [1.54, 1.807) is 12.1 Å². The smallest absolute Gasteiger partial charge is 0.229 e. The molecule has 0 saturated carbocycles. The summed E-state index contributed by atoms with van der Waals surface area (Å²) >= 11 is 5.37. The number of hydrogen-bond donors (Lipinski definition) is 1. The molecule has 0 saturated heterocycles. The summed E-state index contributed by atoms with van der Waals surface area (Å²) in [6.45, 7) is 0. The summed E-state index contributed by atoms with van der Waals surface area (Å²) in [6, 6.07) is 5.43. The van der Waals surface area contributed by atoms with Crippen molar-refractivity contribution in [1.82, 2.24) is 0 Å². The normalized spacial score (nSPS) is 10.9. The highest BCUT2D eigenvalue weighted by molar-refractivity contribution is 14.1. The minimum absolute atomic E-state index is 0.287. The standard InChI is InChI=1S/C9H8BrIN2O2S/c1-16(14,15)13-7-3-2-6(4-5-12)8(10)9(7)11/h2-3,13H,4H2,1H3. The van der Waals surface area contributed by atoms with Gasteiger partial charge in [0.15, 0.2) is 0 Å². The van der Waals surface area contributed by atoms with E-state index < -0.39 is 10.0 Å². The largest absolute Gasteiger partial charge is 0.283 e. The van der Waals surface area contributed by atoms with Gasteiger partial charge < -0.3 is 0 Å². The Balaban J connectivity index is 3.18. The molecule has 0 aliphatic heterocycles. The minimum atomic E-state index is -3.28. The highest BCUT2D eigenvalue weighted by Crippen LogP contribution is 2.30. The summed E-state index contributed by atoms with van der Waals surface area (Å²) in [4.78, 5) is 0. The predicted octanol–water partition coefficient (Wildman–Crippen LogP) is 2.49. The van der Waals surface area contributed by atoms with Crippen molar-refractivity contribution in [2.75, 3.05) is 11.0 Å². The number of sulfonamides is 1. The fraction of sp³-hybridized carbons (Fsp3) is 0.222. The molecule has 0 aromatic heterocycles. The molecular weight excluding hydrogens is 407 g/mol. The summed E-state index contributed by atoms with van der Waals surface area (Å²) in [7, 11) is -3.28. The van der Waals surface area contributed by atoms with E-state index in [-0.39, 0.29) is 6.42 Å². The lowest BCUT2D eigenvalue weighted by Gasteiger charge is -2.10. The molecule has 1 rings (SSSR count). The number of nitrogens with one attached hydrogen (secondary N) is 1. The van der Waals surface area contributed by atoms with E-state index in [4.69, 9.17) is 5.26 Å². The van der Waals surface area contributed by atoms with Gasteiger partial charge in [0.25, 0.3) is 0 Å². The molecule has 0 radical (unpaired) electrons. The van der Waals surface area contributed by atoms with Gasteiger partial charge >= 0.3 is 0 Å². The second kappa shape index (κ2) is 5.33. The van der Waals surface area contributed by atoms with Crippen LogP contribution < -0.4 is 4.72 Å². The molecular formula is C9H8BrIN2O2S. The molecule has 86 valence electrons. The van der Waals surface area contributed by atoms with Crippen LogP contribution in [0.25, 0.3) is 0 Å². The highest BCUT2D eigenvalue weighted by atomic mass is 127. The summed E-state index contributed by atoms with van der Waals surface area (Å²) in [5.41, 5.74) is 1.35. The Hall–Kier alpha value is -0.330. The van der Waals surface area contributed by atoms with Crippen LogP contribution in [-0.4, -0.2) is 14.7 Å². The first-order valence-corrected chi connectivity index (χ1v) is 7.93. The Morgan fingerprint density at radius 3 is 2.69 bits per heavy atom. The van der Waals surface area contributed by atoms with Crippen LogP contribution in [-0.2, 0) is 16.4 Å². The van der Waals surface area contributed by atoms with Gasteiger partial charge in [-0.3, -0.25) is 4.72 Å². The summed E-state index contributed by atoms with van der Waals surface area (Å²) < 4.78 is 26.1. The highest BCUT2D eigenvalue weighted by Gasteiger charge is 2.11. The van der Waals surface area contributed by atoms with Gasteiger partial charge in [-0.15, -0.1) is 0 Å². The number of anilines is 1. The van der Waals surface area contributed by atoms with Gasteiger partial charge in [-0.1, -0.05) is 6.07 Å². The molecule has 0 bridgehead atoms. The van der Waals surface area contributed by atoms with E-state index in [9.17, 15) is 8.42 Å². The molecule has 0 spiro atoms. The third-order valence-corrected chi connectivity index (χ3v) is 5.09. The molecule has 0 aliphatic rings. The quantitative estimate of drug-likeness (QED) is 0.772. The molecule has 1 aromatic carbocycles. The lowest BCUT2D eigenvalue weighted by Crippen LogP contribution is -2.11. The fourth-order valence-corrected chi connectivity index (χ4v) is 2.99. The zero-order valence-electron chi connectivity index (χ0n) is 8.29. The Morgan fingerprint density at radius 2 is 2.19 bits per heavy atom. The van der Waals surface area contributed by atoms with Crippen molar-refractivity contribution in [3.05, 3.63) is 25.7 Å². The number of halogens is 2. The van der Waals surface area contributed by atoms with Gasteiger partial charge in [0.05, 0.1) is 28.0 Å². The first-order valence-electron chi connectivity index (χ1n) is 4.17. The van der Waals surface area contributed by atoms with Crippen molar-refractivity contribution in [2.24, 2.45) is 0 Å². The van der Waals surface area contributed by atoms with Crippen LogP contribution >= 0.6 is 38.5 Å². The van der Waals surface area contributed by atoms with E-state index in [0.29, 0.717) is 5.69 Å². The van der Waals surface area contributed by atoms with Gasteiger partial charge in [-0.25, -0.2) is 8.42 Å². The van der Waals surface area contributed by atoms with Crippen molar-refractivity contribution in [3.63, 3.8) is 0 Å². The number of benzene rings is 1. The number of rotatable bonds is 3. The molecule has 0 amide bonds. The van der Waals surface area contributed by atoms with Crippen LogP contribution in [0.4, 0.5) is 5.69 Å². The van der Waals surface area contributed by atoms with Gasteiger partial charge in [-0.2, -0.15) is 5.26 Å². The van der Waals surface area contributed by atoms with Crippen molar-refractivity contribution in [1.29, 1.82) is 5.26 Å². The molecule has 0 heterocycles. The summed E-state index contributed by atoms with van der Waals surface area (Å²) in [6.07, 6.45) is 1.38. The lowest BCUT2D eigenvalue weighted by atomic mass is 10.1. The maximum atomic E-state index is 11.1. The average molecular weight is 415 g/mol. The molecule has 1 N–H and O–H groups in total. The van der Waals surface area contributed by atoms with E-state index in [2.05, 4.69) is 20.7 Å². The van der Waals surface area contributed by atoms with Crippen molar-refractivity contribution in [3.8, 4) is 6.07 Å². The first kappa shape index (κ1) is 13.7. The molecule has 16 heavy (non-hydrogen) atoms. The van der Waals surface area contributed by atoms with Crippen LogP contribution in [0.2, 0.25) is 0 Å². The van der Waals surface area contributed by atoms with Gasteiger partial charge in [-0.05, 0) is 50.2 Å². The molecule has 1 aromatic rings. The Kier molecular flexibility index (Phi) is 4.58. The predicted molar refractivity (Wildman–Crippen MR) is 74.6 cm³/mol. The van der Waals surface area contributed by atoms with Gasteiger partial charge in [0.2, 0.25) is 10.0 Å². The maximum absolute atomic E-state index is 11.1. The first-order chi connectivity index (χ1) is 7.35. The van der Waals surface area contributed by atoms with Crippen molar-refractivity contribution < 1.29 is 8.42 Å². The zero-order valence-corrected chi connectivity index (χ0v) is 12.8. The summed E-state index contributed by atoms with van der Waals surface area (Å²) in [5.74, 6) is 0. The molecule has 4 nitrogen and oxygen atoms in total. The topological polar surface area (TPSA) is 70.0 Å². The molecule has 0 unspecified atom stereocenters. The molecule has 7 heteroatoms. The monoisotopic (exact) mass is 414 g/mol. The maximum Gasteiger partial charge on any atom is 0.229 e. The third kappa shape index (κ3) is 3.61. The second-order valence-corrected chi connectivity index (χ2v) is 6.73. The van der Waals surface area contributed by atoms with Crippen LogP contribution in [0.1, 0.15) is 5.56 Å². The molecule has 0 aliphatic carbocycles. The van der Waals surface area contributed by atoms with Crippen LogP contribution in [0.3, 0.4) is 0 Å². The van der Waals surface area contributed by atoms with Crippen molar-refractivity contribution in [2.45, 2.75) is 6.42 Å². The Bertz CT molecular complexity index is 551. The van der Waals surface area contributed by atoms with E-state index in [1.165, 1.54) is 0 Å². The van der Waals surface area contributed by atoms with E-state index in [1.807, 2.05) is 28.7 Å². The second-order valence-electron chi connectivity index (χ2n) is 3.11. The Morgan fingerprint density at radius 1 is 1.56 bits per heavy atom. The molecule has 0 fully saturated rings. The van der Waals surface area contributed by atoms with E-state index in [0.717, 1.165) is 19.9 Å². The zero-order chi connectivity index (χ0) is 12.3. The minimum Gasteiger partial charge on any atom is -0.283 e. The molecule has 0 atom stereocenters. The van der Waals surface area contributed by atoms with Gasteiger partial charge in [0, 0.05) is 4.47 Å². The number of hydrogen-bond acceptors (Lipinski definition) is 3. The summed E-state index contributed by atoms with van der Waals surface area (Å²) in [5, 5.41) is 8.61. The fourth-order valence-electron chi connectivity index (χ4n) is 1.09. The lowest BCUT2D eigenvalue weighted by molar-refractivity contribution is 0.607. The number of nitriles is 1. The SMILES string of the molecule is CS(=O)(=O)Nc1ccc(CC#N)c(Br)c1I. The third-order valence-electron chi connectivity index (χ3n) is 1.73. The van der Waals surface area contributed by atoms with Crippen molar-refractivity contribution >= 4 is 54.2 Å². The van der Waals surface area contributed by atoms with Gasteiger partial charge in [0.1, 0.15) is 0 Å². The van der Waals surface area contributed by atoms with Crippen LogP contribution in [0, 0.1) is 14.9 Å². The van der Waals surface area contributed by atoms with Crippen LogP contribution in [0.15, 0.2) is 16.6 Å². The van der Waals surface area contributed by atoms with E-state index >= 15 is 0 Å². The Labute approximate surface area is 116 Å². The average Bonchev–Trinajstić information content (AvgIpc) is 2.16. The number of nitrogens with zero attached hydrogens (tertiary/aromatic N) is 1. The van der Waals surface area contributed by atoms with Crippen LogP contribution in [0.5, 0.6) is 0 Å².